The SMILES string of the molecule is CCOCCn1c(CO)nc2ccc(Oc3ccccc3)cc21. The molecule has 120 valence electrons. The first-order valence-corrected chi connectivity index (χ1v) is 7.72. The number of nitrogens with zero attached hydrogens (tertiary/aromatic N) is 2. The van der Waals surface area contributed by atoms with Gasteiger partial charge in [-0.15, -0.1) is 0 Å². The lowest BCUT2D eigenvalue weighted by Crippen LogP contribution is -2.09. The smallest absolute Gasteiger partial charge is 0.135 e. The molecule has 5 heteroatoms. The average Bonchev–Trinajstić information content (AvgIpc) is 2.93. The highest BCUT2D eigenvalue weighted by atomic mass is 16.5. The van der Waals surface area contributed by atoms with Gasteiger partial charge in [-0.2, -0.15) is 0 Å². The molecule has 0 aliphatic rings. The van der Waals surface area contributed by atoms with Gasteiger partial charge in [0.15, 0.2) is 0 Å². The molecule has 0 aliphatic heterocycles. The Kier molecular flexibility index (Phi) is 4.90. The fourth-order valence-electron chi connectivity index (χ4n) is 2.51. The Morgan fingerprint density at radius 2 is 1.91 bits per heavy atom. The maximum atomic E-state index is 9.53. The Balaban J connectivity index is 1.92. The van der Waals surface area contributed by atoms with E-state index in [1.807, 2.05) is 60.0 Å². The van der Waals surface area contributed by atoms with Crippen LogP contribution < -0.4 is 4.74 Å². The number of aliphatic hydroxyl groups excluding tert-OH is 1. The summed E-state index contributed by atoms with van der Waals surface area (Å²) in [5, 5.41) is 9.53. The second-order valence-corrected chi connectivity index (χ2v) is 5.10. The van der Waals surface area contributed by atoms with Crippen LogP contribution >= 0.6 is 0 Å². The van der Waals surface area contributed by atoms with Gasteiger partial charge >= 0.3 is 0 Å². The maximum Gasteiger partial charge on any atom is 0.135 e. The Morgan fingerprint density at radius 3 is 2.65 bits per heavy atom. The van der Waals surface area contributed by atoms with Crippen molar-refractivity contribution >= 4 is 11.0 Å². The van der Waals surface area contributed by atoms with E-state index in [1.165, 1.54) is 0 Å². The van der Waals surface area contributed by atoms with Crippen molar-refractivity contribution in [1.82, 2.24) is 9.55 Å². The second kappa shape index (κ2) is 7.26. The molecule has 1 N–H and O–H groups in total. The van der Waals surface area contributed by atoms with Gasteiger partial charge in [0.1, 0.15) is 23.9 Å². The number of hydrogen-bond acceptors (Lipinski definition) is 4. The van der Waals surface area contributed by atoms with Crippen molar-refractivity contribution in [3.8, 4) is 11.5 Å². The van der Waals surface area contributed by atoms with Gasteiger partial charge in [0.05, 0.1) is 17.6 Å². The minimum atomic E-state index is -0.102. The van der Waals surface area contributed by atoms with E-state index in [-0.39, 0.29) is 6.61 Å². The number of imidazole rings is 1. The van der Waals surface area contributed by atoms with Crippen LogP contribution in [0.2, 0.25) is 0 Å². The van der Waals surface area contributed by atoms with Crippen LogP contribution in [0.4, 0.5) is 0 Å². The van der Waals surface area contributed by atoms with E-state index < -0.39 is 0 Å². The third kappa shape index (κ3) is 3.52. The third-order valence-electron chi connectivity index (χ3n) is 3.58. The van der Waals surface area contributed by atoms with Crippen molar-refractivity contribution in [3.05, 3.63) is 54.4 Å². The van der Waals surface area contributed by atoms with E-state index in [1.54, 1.807) is 0 Å². The van der Waals surface area contributed by atoms with Crippen LogP contribution in [0.25, 0.3) is 11.0 Å². The van der Waals surface area contributed by atoms with Gasteiger partial charge in [-0.1, -0.05) is 18.2 Å². The van der Waals surface area contributed by atoms with Gasteiger partial charge in [0.2, 0.25) is 0 Å². The van der Waals surface area contributed by atoms with Crippen molar-refractivity contribution in [2.45, 2.75) is 20.1 Å². The first kappa shape index (κ1) is 15.5. The van der Waals surface area contributed by atoms with Crippen molar-refractivity contribution < 1.29 is 14.6 Å². The summed E-state index contributed by atoms with van der Waals surface area (Å²) in [6.07, 6.45) is 0. The third-order valence-corrected chi connectivity index (χ3v) is 3.58. The number of rotatable bonds is 7. The molecular weight excluding hydrogens is 292 g/mol. The highest BCUT2D eigenvalue weighted by molar-refractivity contribution is 5.78. The van der Waals surface area contributed by atoms with Crippen molar-refractivity contribution in [2.75, 3.05) is 13.2 Å². The molecule has 0 bridgehead atoms. The molecule has 23 heavy (non-hydrogen) atoms. The molecular formula is C18H20N2O3. The molecule has 0 amide bonds. The molecule has 1 aromatic heterocycles. The highest BCUT2D eigenvalue weighted by Gasteiger charge is 2.11. The van der Waals surface area contributed by atoms with Gasteiger partial charge in [-0.3, -0.25) is 0 Å². The van der Waals surface area contributed by atoms with Crippen molar-refractivity contribution in [2.24, 2.45) is 0 Å². The number of aliphatic hydroxyl groups is 1. The minimum absolute atomic E-state index is 0.102. The van der Waals surface area contributed by atoms with Crippen LogP contribution in [0.1, 0.15) is 12.7 Å². The quantitative estimate of drug-likeness (QED) is 0.680. The molecule has 0 aliphatic carbocycles. The van der Waals surface area contributed by atoms with E-state index in [2.05, 4.69) is 4.98 Å². The fourth-order valence-corrected chi connectivity index (χ4v) is 2.51. The predicted molar refractivity (Wildman–Crippen MR) is 88.7 cm³/mol. The molecule has 2 aromatic carbocycles. The van der Waals surface area contributed by atoms with E-state index in [0.717, 1.165) is 22.5 Å². The number of ether oxygens (including phenoxy) is 2. The van der Waals surface area contributed by atoms with Crippen molar-refractivity contribution in [1.29, 1.82) is 0 Å². The standard InChI is InChI=1S/C18H20N2O3/c1-2-22-11-10-20-17-12-15(23-14-6-4-3-5-7-14)8-9-16(17)19-18(20)13-21/h3-9,12,21H,2,10-11,13H2,1H3. The van der Waals surface area contributed by atoms with E-state index in [0.29, 0.717) is 25.6 Å². The molecule has 5 nitrogen and oxygen atoms in total. The Bertz CT molecular complexity index is 769. The van der Waals surface area contributed by atoms with Crippen LogP contribution in [0.3, 0.4) is 0 Å². The summed E-state index contributed by atoms with van der Waals surface area (Å²) in [6.45, 7) is 3.76. The molecule has 0 unspecified atom stereocenters. The van der Waals surface area contributed by atoms with Gasteiger partial charge in [-0.25, -0.2) is 4.98 Å². The molecule has 0 saturated heterocycles. The molecule has 0 fully saturated rings. The number of para-hydroxylation sites is 1. The molecule has 3 rings (SSSR count). The largest absolute Gasteiger partial charge is 0.457 e. The number of fused-ring (bicyclic) bond motifs is 1. The molecule has 0 saturated carbocycles. The summed E-state index contributed by atoms with van der Waals surface area (Å²) in [5.74, 6) is 2.16. The summed E-state index contributed by atoms with van der Waals surface area (Å²) in [5.41, 5.74) is 1.77. The lowest BCUT2D eigenvalue weighted by molar-refractivity contribution is 0.137. The first-order valence-electron chi connectivity index (χ1n) is 7.72. The van der Waals surface area contributed by atoms with Crippen LogP contribution in [-0.2, 0) is 17.9 Å². The van der Waals surface area contributed by atoms with Crippen LogP contribution in [0.15, 0.2) is 48.5 Å². The maximum absolute atomic E-state index is 9.53. The van der Waals surface area contributed by atoms with E-state index >= 15 is 0 Å². The summed E-state index contributed by atoms with van der Waals surface area (Å²) >= 11 is 0. The Labute approximate surface area is 135 Å². The van der Waals surface area contributed by atoms with Crippen LogP contribution in [0, 0.1) is 0 Å². The summed E-state index contributed by atoms with van der Waals surface area (Å²) in [7, 11) is 0. The lowest BCUT2D eigenvalue weighted by atomic mass is 10.3. The van der Waals surface area contributed by atoms with Crippen LogP contribution in [0.5, 0.6) is 11.5 Å². The van der Waals surface area contributed by atoms with Crippen molar-refractivity contribution in [3.63, 3.8) is 0 Å². The first-order chi connectivity index (χ1) is 11.3. The number of benzene rings is 2. The second-order valence-electron chi connectivity index (χ2n) is 5.10. The Morgan fingerprint density at radius 1 is 1.09 bits per heavy atom. The zero-order chi connectivity index (χ0) is 16.1. The molecule has 0 spiro atoms. The molecule has 0 radical (unpaired) electrons. The zero-order valence-electron chi connectivity index (χ0n) is 13.1. The summed E-state index contributed by atoms with van der Waals surface area (Å²) in [4.78, 5) is 4.46. The summed E-state index contributed by atoms with van der Waals surface area (Å²) in [6, 6.07) is 15.4. The topological polar surface area (TPSA) is 56.5 Å². The Hall–Kier alpha value is -2.37. The van der Waals surface area contributed by atoms with Gasteiger partial charge in [0, 0.05) is 19.2 Å². The summed E-state index contributed by atoms with van der Waals surface area (Å²) < 4.78 is 13.3. The van der Waals surface area contributed by atoms with E-state index in [4.69, 9.17) is 9.47 Å². The van der Waals surface area contributed by atoms with Gasteiger partial charge in [-0.05, 0) is 31.2 Å². The highest BCUT2D eigenvalue weighted by Crippen LogP contribution is 2.26. The molecule has 1 heterocycles. The molecule has 0 atom stereocenters. The van der Waals surface area contributed by atoms with Crippen LogP contribution in [-0.4, -0.2) is 27.9 Å². The predicted octanol–water partition coefficient (Wildman–Crippen LogP) is 3.36. The average molecular weight is 312 g/mol. The van der Waals surface area contributed by atoms with Gasteiger partial charge in [0.25, 0.3) is 0 Å². The normalized spacial score (nSPS) is 11.0. The zero-order valence-corrected chi connectivity index (χ0v) is 13.1. The number of hydrogen-bond donors (Lipinski definition) is 1. The fraction of sp³-hybridized carbons (Fsp3) is 0.278. The monoisotopic (exact) mass is 312 g/mol. The minimum Gasteiger partial charge on any atom is -0.457 e. The molecule has 3 aromatic rings. The van der Waals surface area contributed by atoms with Gasteiger partial charge < -0.3 is 19.1 Å². The lowest BCUT2D eigenvalue weighted by Gasteiger charge is -2.09. The van der Waals surface area contributed by atoms with E-state index in [9.17, 15) is 5.11 Å². The number of aromatic nitrogens is 2.